The van der Waals surface area contributed by atoms with E-state index in [1.807, 2.05) is 41.5 Å². The Balaban J connectivity index is 3.20. The van der Waals surface area contributed by atoms with E-state index in [1.54, 1.807) is 13.0 Å². The largest absolute Gasteiger partial charge is 0.513 e. The number of carbonyl (C=O) groups excluding carboxylic acids is 4. The van der Waals surface area contributed by atoms with Gasteiger partial charge in [-0.05, 0) is 42.4 Å². The molecule has 3 atom stereocenters. The molecule has 0 saturated heterocycles. The molecule has 1 aromatic carbocycles. The van der Waals surface area contributed by atoms with Crippen LogP contribution in [-0.4, -0.2) is 56.2 Å². The molecule has 0 heterocycles. The summed E-state index contributed by atoms with van der Waals surface area (Å²) in [5, 5.41) is 0. The van der Waals surface area contributed by atoms with Gasteiger partial charge in [0, 0.05) is 19.3 Å². The molecular formula is C29H45NO10. The molecule has 11 heteroatoms. The van der Waals surface area contributed by atoms with Gasteiger partial charge >= 0.3 is 24.2 Å². The summed E-state index contributed by atoms with van der Waals surface area (Å²) in [6, 6.07) is 4.36. The second-order valence-corrected chi connectivity index (χ2v) is 10.9. The third-order valence-corrected chi connectivity index (χ3v) is 5.77. The minimum absolute atomic E-state index is 0.0294. The van der Waals surface area contributed by atoms with Crippen molar-refractivity contribution >= 4 is 24.2 Å². The quantitative estimate of drug-likeness (QED) is 0.169. The number of ether oxygens (including phenoxy) is 6. The summed E-state index contributed by atoms with van der Waals surface area (Å²) in [7, 11) is 1.21. The van der Waals surface area contributed by atoms with E-state index in [1.165, 1.54) is 19.2 Å². The van der Waals surface area contributed by atoms with Crippen molar-refractivity contribution in [2.45, 2.75) is 85.8 Å². The van der Waals surface area contributed by atoms with Crippen LogP contribution in [0.4, 0.5) is 9.59 Å². The zero-order valence-electron chi connectivity index (χ0n) is 24.9. The number of rotatable bonds is 15. The Kier molecular flexibility index (Phi) is 14.5. The number of hydrogen-bond donors (Lipinski definition) is 1. The van der Waals surface area contributed by atoms with Crippen molar-refractivity contribution in [3.8, 4) is 11.5 Å². The summed E-state index contributed by atoms with van der Waals surface area (Å²) < 4.78 is 31.2. The lowest BCUT2D eigenvalue weighted by molar-refractivity contribution is -0.155. The highest BCUT2D eigenvalue weighted by atomic mass is 16.7. The van der Waals surface area contributed by atoms with Gasteiger partial charge in [0.05, 0.1) is 20.3 Å². The summed E-state index contributed by atoms with van der Waals surface area (Å²) in [4.78, 5) is 49.5. The van der Waals surface area contributed by atoms with E-state index in [9.17, 15) is 19.2 Å². The van der Waals surface area contributed by atoms with Crippen molar-refractivity contribution in [2.75, 3.05) is 20.3 Å². The monoisotopic (exact) mass is 567 g/mol. The van der Waals surface area contributed by atoms with Gasteiger partial charge in [0.25, 0.3) is 0 Å². The van der Waals surface area contributed by atoms with Gasteiger partial charge in [0.15, 0.2) is 11.5 Å². The van der Waals surface area contributed by atoms with Crippen molar-refractivity contribution in [3.05, 3.63) is 23.8 Å². The van der Waals surface area contributed by atoms with Crippen molar-refractivity contribution in [1.82, 2.24) is 0 Å². The maximum absolute atomic E-state index is 12.8. The molecule has 0 saturated carbocycles. The number of methoxy groups -OCH3 is 1. The molecule has 0 fully saturated rings. The zero-order chi connectivity index (χ0) is 30.5. The molecule has 0 spiro atoms. The Labute approximate surface area is 236 Å². The number of nitrogens with two attached hydrogens (primary N) is 1. The van der Waals surface area contributed by atoms with Crippen molar-refractivity contribution < 1.29 is 47.6 Å². The molecule has 40 heavy (non-hydrogen) atoms. The maximum Gasteiger partial charge on any atom is 0.513 e. The highest BCUT2D eigenvalue weighted by molar-refractivity contribution is 5.81. The van der Waals surface area contributed by atoms with Crippen LogP contribution in [0.3, 0.4) is 0 Å². The number of benzene rings is 1. The van der Waals surface area contributed by atoms with Crippen LogP contribution in [0.25, 0.3) is 0 Å². The Bertz CT molecular complexity index is 993. The van der Waals surface area contributed by atoms with Crippen LogP contribution in [0.1, 0.15) is 73.3 Å². The average molecular weight is 568 g/mol. The van der Waals surface area contributed by atoms with Crippen LogP contribution in [0.5, 0.6) is 11.5 Å². The molecule has 1 rings (SSSR count). The first-order chi connectivity index (χ1) is 18.7. The van der Waals surface area contributed by atoms with E-state index in [0.717, 1.165) is 6.42 Å². The Morgan fingerprint density at radius 3 is 1.93 bits per heavy atom. The summed E-state index contributed by atoms with van der Waals surface area (Å²) in [6.07, 6.45) is -1.67. The lowest BCUT2D eigenvalue weighted by atomic mass is 9.86. The summed E-state index contributed by atoms with van der Waals surface area (Å²) in [5.74, 6) is -0.995. The van der Waals surface area contributed by atoms with Crippen LogP contribution in [0.2, 0.25) is 0 Å². The molecule has 11 nitrogen and oxygen atoms in total. The van der Waals surface area contributed by atoms with E-state index < -0.39 is 29.9 Å². The molecule has 1 aromatic rings. The number of carbonyl (C=O) groups is 4. The predicted octanol–water partition coefficient (Wildman–Crippen LogP) is 5.20. The zero-order valence-corrected chi connectivity index (χ0v) is 24.9. The van der Waals surface area contributed by atoms with Gasteiger partial charge in [-0.15, -0.1) is 0 Å². The first-order valence-corrected chi connectivity index (χ1v) is 13.6. The van der Waals surface area contributed by atoms with E-state index in [4.69, 9.17) is 34.2 Å². The summed E-state index contributed by atoms with van der Waals surface area (Å²) >= 11 is 0. The van der Waals surface area contributed by atoms with E-state index >= 15 is 0 Å². The molecule has 0 aliphatic heterocycles. The van der Waals surface area contributed by atoms with Crippen LogP contribution < -0.4 is 15.2 Å². The minimum atomic E-state index is -1.58. The molecule has 2 unspecified atom stereocenters. The lowest BCUT2D eigenvalue weighted by Crippen LogP contribution is -2.53. The highest BCUT2D eigenvalue weighted by Gasteiger charge is 2.38. The van der Waals surface area contributed by atoms with Crippen LogP contribution in [0, 0.1) is 17.8 Å². The van der Waals surface area contributed by atoms with Gasteiger partial charge in [-0.3, -0.25) is 9.59 Å². The molecule has 0 bridgehead atoms. The first kappa shape index (κ1) is 34.7. The maximum atomic E-state index is 12.8. The second-order valence-electron chi connectivity index (χ2n) is 10.9. The summed E-state index contributed by atoms with van der Waals surface area (Å²) in [6.45, 7) is 13.3. The molecule has 0 radical (unpaired) electrons. The predicted molar refractivity (Wildman–Crippen MR) is 147 cm³/mol. The first-order valence-electron chi connectivity index (χ1n) is 13.6. The van der Waals surface area contributed by atoms with Crippen molar-refractivity contribution in [1.29, 1.82) is 0 Å². The van der Waals surface area contributed by atoms with E-state index in [0.29, 0.717) is 5.56 Å². The second kappa shape index (κ2) is 16.7. The van der Waals surface area contributed by atoms with Crippen LogP contribution in [0.15, 0.2) is 18.2 Å². The van der Waals surface area contributed by atoms with E-state index in [-0.39, 0.29) is 67.7 Å². The number of hydrogen-bond acceptors (Lipinski definition) is 11. The Hall–Kier alpha value is -3.34. The average Bonchev–Trinajstić information content (AvgIpc) is 2.86. The molecular weight excluding hydrogens is 522 g/mol. The number of esters is 2. The highest BCUT2D eigenvalue weighted by Crippen LogP contribution is 2.32. The van der Waals surface area contributed by atoms with Gasteiger partial charge in [-0.1, -0.05) is 54.0 Å². The molecule has 0 aliphatic rings. The van der Waals surface area contributed by atoms with Crippen molar-refractivity contribution in [3.63, 3.8) is 0 Å². The molecule has 0 aliphatic carbocycles. The fraction of sp³-hybridized carbons (Fsp3) is 0.655. The Morgan fingerprint density at radius 1 is 0.875 bits per heavy atom. The van der Waals surface area contributed by atoms with Gasteiger partial charge in [-0.25, -0.2) is 9.59 Å². The SMILES string of the molecule is CCC(C)CC(=O)O[C@@H](C)CC(N)(Cc1ccc(OC(=O)OCC(C)C)c(OC(=O)OCC(C)C)c1)C(=O)OC. The topological polar surface area (TPSA) is 150 Å². The fourth-order valence-electron chi connectivity index (χ4n) is 3.59. The van der Waals surface area contributed by atoms with E-state index in [2.05, 4.69) is 0 Å². The molecule has 0 aromatic heterocycles. The van der Waals surface area contributed by atoms with Gasteiger partial charge in [-0.2, -0.15) is 0 Å². The third kappa shape index (κ3) is 12.7. The summed E-state index contributed by atoms with van der Waals surface area (Å²) in [5.41, 5.74) is 5.38. The van der Waals surface area contributed by atoms with Crippen LogP contribution in [-0.2, 0) is 35.0 Å². The normalized spacial score (nSPS) is 14.1. The van der Waals surface area contributed by atoms with Gasteiger partial charge in [0.2, 0.25) is 0 Å². The van der Waals surface area contributed by atoms with Crippen molar-refractivity contribution in [2.24, 2.45) is 23.5 Å². The fourth-order valence-corrected chi connectivity index (χ4v) is 3.59. The van der Waals surface area contributed by atoms with Gasteiger partial charge < -0.3 is 34.2 Å². The Morgan fingerprint density at radius 2 is 1.43 bits per heavy atom. The standard InChI is InChI=1S/C29H45NO10/c1-9-20(6)12-25(31)38-21(7)14-29(30,26(32)35-8)15-22-10-11-23(39-27(33)36-16-18(2)3)24(13-22)40-28(34)37-17-19(4)5/h10-11,13,18-21H,9,12,14-17,30H2,1-8H3/t20?,21-,29?/m0/s1. The van der Waals surface area contributed by atoms with Crippen LogP contribution >= 0.6 is 0 Å². The molecule has 226 valence electrons. The third-order valence-electron chi connectivity index (χ3n) is 5.77. The minimum Gasteiger partial charge on any atom is -0.468 e. The smallest absolute Gasteiger partial charge is 0.468 e. The molecule has 0 amide bonds. The lowest BCUT2D eigenvalue weighted by Gasteiger charge is -2.29. The molecule has 2 N–H and O–H groups in total. The van der Waals surface area contributed by atoms with Gasteiger partial charge in [0.1, 0.15) is 11.6 Å².